The van der Waals surface area contributed by atoms with Crippen molar-refractivity contribution in [2.24, 2.45) is 0 Å². The van der Waals surface area contributed by atoms with Crippen LogP contribution >= 0.6 is 0 Å². The van der Waals surface area contributed by atoms with E-state index in [2.05, 4.69) is 22.1 Å². The maximum Gasteiger partial charge on any atom is 2.00 e. The van der Waals surface area contributed by atoms with Gasteiger partial charge in [0.2, 0.25) is 0 Å². The van der Waals surface area contributed by atoms with Crippen molar-refractivity contribution in [2.45, 2.75) is 0 Å². The zero-order valence-corrected chi connectivity index (χ0v) is 18.0. The van der Waals surface area contributed by atoms with Gasteiger partial charge in [0, 0.05) is 12.4 Å². The Hall–Kier alpha value is -3.09. The number of hydrogen-bond donors (Lipinski definition) is 0. The van der Waals surface area contributed by atoms with E-state index in [9.17, 15) is 0 Å². The number of aromatic nitrogens is 2. The average Bonchev–Trinajstić information content (AvgIpc) is 2.80. The molecule has 29 heavy (non-hydrogen) atoms. The molecule has 0 unspecified atom stereocenters. The van der Waals surface area contributed by atoms with E-state index in [-0.39, 0.29) is 21.1 Å². The number of pyridine rings is 2. The van der Waals surface area contributed by atoms with E-state index in [1.54, 1.807) is 12.4 Å². The molecule has 2 aromatic heterocycles. The zero-order valence-electron chi connectivity index (χ0n) is 15.8. The summed E-state index contributed by atoms with van der Waals surface area (Å²) in [6.07, 6.45) is 13.7. The van der Waals surface area contributed by atoms with Gasteiger partial charge in [0.15, 0.2) is 0 Å². The summed E-state index contributed by atoms with van der Waals surface area (Å²) >= 11 is 0. The quantitative estimate of drug-likeness (QED) is 0.294. The standard InChI is InChI=1S/2C13H10N.Pt/c2*1-2-6-12(7-3-1)9-10-13-8-4-5-11-14-13;/h2*1-8,10-11H;/q2*-1;+2. The second-order valence-electron chi connectivity index (χ2n) is 5.82. The summed E-state index contributed by atoms with van der Waals surface area (Å²) in [7, 11) is 0. The largest absolute Gasteiger partial charge is 2.00 e. The summed E-state index contributed by atoms with van der Waals surface area (Å²) in [6, 6.07) is 31.7. The van der Waals surface area contributed by atoms with Crippen molar-refractivity contribution in [2.75, 3.05) is 0 Å². The molecule has 0 fully saturated rings. The minimum atomic E-state index is 0. The summed E-state index contributed by atoms with van der Waals surface area (Å²) < 4.78 is 0. The maximum atomic E-state index is 4.18. The Morgan fingerprint density at radius 1 is 0.483 bits per heavy atom. The van der Waals surface area contributed by atoms with Crippen LogP contribution in [-0.2, 0) is 21.1 Å². The van der Waals surface area contributed by atoms with E-state index in [0.717, 1.165) is 22.5 Å². The average molecular weight is 556 g/mol. The van der Waals surface area contributed by atoms with Crippen LogP contribution in [0, 0.1) is 12.2 Å². The molecule has 0 aliphatic carbocycles. The molecule has 2 aromatic carbocycles. The van der Waals surface area contributed by atoms with Gasteiger partial charge in [0.05, 0.1) is 0 Å². The van der Waals surface area contributed by atoms with Crippen LogP contribution < -0.4 is 0 Å². The van der Waals surface area contributed by atoms with Gasteiger partial charge in [-0.2, -0.15) is 0 Å². The second kappa shape index (κ2) is 13.1. The smallest absolute Gasteiger partial charge is 0.305 e. The molecular weight excluding hydrogens is 535 g/mol. The van der Waals surface area contributed by atoms with Crippen LogP contribution in [-0.4, -0.2) is 9.97 Å². The van der Waals surface area contributed by atoms with Gasteiger partial charge in [-0.3, -0.25) is 0 Å². The molecular formula is C26H20N2Pt. The number of benzene rings is 2. The topological polar surface area (TPSA) is 25.8 Å². The molecule has 0 aliphatic rings. The number of hydrogen-bond acceptors (Lipinski definition) is 2. The summed E-state index contributed by atoms with van der Waals surface area (Å²) in [6.45, 7) is 0. The molecule has 2 heterocycles. The van der Waals surface area contributed by atoms with Crippen molar-refractivity contribution in [1.82, 2.24) is 9.97 Å². The fraction of sp³-hybridized carbons (Fsp3) is 0. The van der Waals surface area contributed by atoms with Gasteiger partial charge in [0.1, 0.15) is 0 Å². The van der Waals surface area contributed by atoms with Crippen molar-refractivity contribution in [3.8, 4) is 0 Å². The minimum absolute atomic E-state index is 0. The van der Waals surface area contributed by atoms with E-state index in [4.69, 9.17) is 0 Å². The molecule has 2 nitrogen and oxygen atoms in total. The van der Waals surface area contributed by atoms with E-state index in [0.29, 0.717) is 0 Å². The first-order valence-electron chi connectivity index (χ1n) is 9.02. The molecule has 0 amide bonds. The van der Waals surface area contributed by atoms with Crippen LogP contribution in [0.25, 0.3) is 12.2 Å². The molecule has 0 bridgehead atoms. The van der Waals surface area contributed by atoms with Gasteiger partial charge in [-0.25, -0.2) is 0 Å². The van der Waals surface area contributed by atoms with Gasteiger partial charge in [0.25, 0.3) is 0 Å². The summed E-state index contributed by atoms with van der Waals surface area (Å²) in [4.78, 5) is 8.35. The molecule has 0 N–H and O–H groups in total. The predicted molar refractivity (Wildman–Crippen MR) is 115 cm³/mol. The number of rotatable bonds is 4. The van der Waals surface area contributed by atoms with Crippen molar-refractivity contribution < 1.29 is 21.1 Å². The molecule has 0 radical (unpaired) electrons. The molecule has 0 aliphatic heterocycles. The van der Waals surface area contributed by atoms with Crippen LogP contribution in [0.4, 0.5) is 0 Å². The Morgan fingerprint density at radius 3 is 1.21 bits per heavy atom. The first kappa shape index (κ1) is 22.2. The first-order chi connectivity index (χ1) is 13.9. The summed E-state index contributed by atoms with van der Waals surface area (Å²) in [5, 5.41) is 0. The molecule has 0 spiro atoms. The van der Waals surface area contributed by atoms with Crippen LogP contribution in [0.1, 0.15) is 22.5 Å². The Balaban J connectivity index is 0.000000200. The van der Waals surface area contributed by atoms with Crippen molar-refractivity contribution in [1.29, 1.82) is 0 Å². The second-order valence-corrected chi connectivity index (χ2v) is 5.82. The Bertz CT molecular complexity index is 816. The van der Waals surface area contributed by atoms with Gasteiger partial charge in [-0.1, -0.05) is 36.4 Å². The fourth-order valence-corrected chi connectivity index (χ4v) is 2.31. The number of nitrogens with zero attached hydrogens (tertiary/aromatic N) is 2. The Morgan fingerprint density at radius 2 is 0.862 bits per heavy atom. The minimum Gasteiger partial charge on any atom is -0.305 e. The van der Waals surface area contributed by atoms with Crippen LogP contribution in [0.2, 0.25) is 0 Å². The third kappa shape index (κ3) is 8.63. The summed E-state index contributed by atoms with van der Waals surface area (Å²) in [5.74, 6) is 0. The first-order valence-corrected chi connectivity index (χ1v) is 9.02. The fourth-order valence-electron chi connectivity index (χ4n) is 2.31. The Kier molecular flexibility index (Phi) is 10.1. The molecule has 144 valence electrons. The predicted octanol–water partition coefficient (Wildman–Crippen LogP) is 5.89. The van der Waals surface area contributed by atoms with Gasteiger partial charge in [-0.15, -0.1) is 84.0 Å². The molecule has 0 atom stereocenters. The molecule has 0 saturated heterocycles. The summed E-state index contributed by atoms with van der Waals surface area (Å²) in [5.41, 5.74) is 3.99. The van der Waals surface area contributed by atoms with Crippen molar-refractivity contribution in [3.05, 3.63) is 144 Å². The van der Waals surface area contributed by atoms with Gasteiger partial charge >= 0.3 is 21.1 Å². The SMILES string of the molecule is [C-](=Cc1ccccn1)c1ccccc1.[C-](=Cc1ccccn1)c1ccccc1.[Pt+2]. The van der Waals surface area contributed by atoms with E-state index < -0.39 is 0 Å². The van der Waals surface area contributed by atoms with Gasteiger partial charge in [-0.05, 0) is 23.5 Å². The third-order valence-electron chi connectivity index (χ3n) is 3.70. The normalized spacial score (nSPS) is 10.2. The maximum absolute atomic E-state index is 4.18. The zero-order chi connectivity index (χ0) is 19.3. The van der Waals surface area contributed by atoms with E-state index >= 15 is 0 Å². The van der Waals surface area contributed by atoms with Crippen molar-refractivity contribution >= 4 is 12.2 Å². The van der Waals surface area contributed by atoms with Crippen molar-refractivity contribution in [3.63, 3.8) is 0 Å². The van der Waals surface area contributed by atoms with Crippen LogP contribution in [0.5, 0.6) is 0 Å². The van der Waals surface area contributed by atoms with E-state index in [1.807, 2.05) is 109 Å². The molecule has 4 aromatic rings. The molecule has 3 heteroatoms. The van der Waals surface area contributed by atoms with E-state index in [1.165, 1.54) is 0 Å². The van der Waals surface area contributed by atoms with Crippen LogP contribution in [0.15, 0.2) is 109 Å². The monoisotopic (exact) mass is 555 g/mol. The van der Waals surface area contributed by atoms with Crippen LogP contribution in [0.3, 0.4) is 0 Å². The van der Waals surface area contributed by atoms with Gasteiger partial charge < -0.3 is 9.97 Å². The molecule has 0 saturated carbocycles. The third-order valence-corrected chi connectivity index (χ3v) is 3.70. The molecule has 4 rings (SSSR count). The Labute approximate surface area is 187 Å².